The smallest absolute Gasteiger partial charge is 0.229 e. The summed E-state index contributed by atoms with van der Waals surface area (Å²) in [6.07, 6.45) is 5.50. The largest absolute Gasteiger partial charge is 0.450 e. The number of thiazole rings is 1. The molecule has 0 bridgehead atoms. The lowest BCUT2D eigenvalue weighted by molar-refractivity contribution is -0.121. The number of nitrogens with zero attached hydrogens (tertiary/aromatic N) is 3. The third kappa shape index (κ3) is 5.18. The van der Waals surface area contributed by atoms with Crippen molar-refractivity contribution in [2.45, 2.75) is 42.4 Å². The Kier molecular flexibility index (Phi) is 6.21. The Labute approximate surface area is 163 Å². The Balaban J connectivity index is 1.50. The second-order valence-corrected chi connectivity index (χ2v) is 15.0. The van der Waals surface area contributed by atoms with Crippen LogP contribution in [0.2, 0.25) is 19.6 Å². The Morgan fingerprint density at radius 2 is 2.08 bits per heavy atom. The normalized spacial score (nSPS) is 16.8. The van der Waals surface area contributed by atoms with Crippen molar-refractivity contribution in [1.29, 1.82) is 0 Å². The second-order valence-electron chi connectivity index (χ2n) is 7.71. The predicted octanol–water partition coefficient (Wildman–Crippen LogP) is 3.25. The molecule has 1 aliphatic heterocycles. The number of amides is 1. The number of carbonyl (C=O) groups excluding carboxylic acids is 1. The number of hydrogen-bond acceptors (Lipinski definition) is 7. The molecule has 2 aromatic rings. The summed E-state index contributed by atoms with van der Waals surface area (Å²) in [4.78, 5) is 23.3. The molecule has 0 unspecified atom stereocenters. The van der Waals surface area contributed by atoms with Gasteiger partial charge in [0.2, 0.25) is 11.8 Å². The van der Waals surface area contributed by atoms with Gasteiger partial charge in [-0.25, -0.2) is 9.97 Å². The van der Waals surface area contributed by atoms with Gasteiger partial charge >= 0.3 is 0 Å². The van der Waals surface area contributed by atoms with Crippen LogP contribution in [0, 0.1) is 5.92 Å². The van der Waals surface area contributed by atoms with Crippen LogP contribution in [0.5, 0.6) is 0 Å². The van der Waals surface area contributed by atoms with E-state index in [1.807, 2.05) is 12.4 Å². The van der Waals surface area contributed by atoms with Crippen LogP contribution in [-0.2, 0) is 10.5 Å². The molecular formula is C17H26N4O2S2Si. The number of likely N-dealkylation sites (tertiary alicyclic amines) is 1. The van der Waals surface area contributed by atoms with E-state index in [1.54, 1.807) is 11.8 Å². The molecule has 1 amide bonds. The number of carbonyl (C=O) groups is 1. The number of anilines is 1. The van der Waals surface area contributed by atoms with Crippen LogP contribution in [-0.4, -0.2) is 49.0 Å². The number of piperidine rings is 1. The average Bonchev–Trinajstić information content (AvgIpc) is 3.22. The summed E-state index contributed by atoms with van der Waals surface area (Å²) in [7, 11) is 0.641. The Morgan fingerprint density at radius 1 is 1.35 bits per heavy atom. The van der Waals surface area contributed by atoms with Crippen molar-refractivity contribution in [2.24, 2.45) is 5.92 Å². The SMILES string of the molecule is CN1CCC(C(=O)Nc2ncc(SCc3ncc([Si](C)(C)C)o3)s2)CC1. The fraction of sp³-hybridized carbons (Fsp3) is 0.588. The molecule has 1 saturated heterocycles. The molecule has 9 heteroatoms. The number of rotatable bonds is 6. The van der Waals surface area contributed by atoms with Gasteiger partial charge in [0, 0.05) is 5.92 Å². The van der Waals surface area contributed by atoms with Crippen molar-refractivity contribution >= 4 is 47.6 Å². The van der Waals surface area contributed by atoms with E-state index in [9.17, 15) is 4.79 Å². The van der Waals surface area contributed by atoms with Gasteiger partial charge in [0.25, 0.3) is 0 Å². The van der Waals surface area contributed by atoms with Gasteiger partial charge in [0.1, 0.15) is 13.5 Å². The number of hydrogen-bond donors (Lipinski definition) is 1. The molecule has 1 N–H and O–H groups in total. The van der Waals surface area contributed by atoms with E-state index in [0.29, 0.717) is 10.9 Å². The van der Waals surface area contributed by atoms with Crippen molar-refractivity contribution in [3.05, 3.63) is 18.3 Å². The van der Waals surface area contributed by atoms with Crippen LogP contribution < -0.4 is 10.7 Å². The lowest BCUT2D eigenvalue weighted by Gasteiger charge is -2.27. The van der Waals surface area contributed by atoms with Crippen molar-refractivity contribution in [1.82, 2.24) is 14.9 Å². The first-order valence-electron chi connectivity index (χ1n) is 8.84. The molecule has 26 heavy (non-hydrogen) atoms. The van der Waals surface area contributed by atoms with Crippen LogP contribution in [0.4, 0.5) is 5.13 Å². The third-order valence-corrected chi connectivity index (χ3v) is 8.24. The molecule has 0 aliphatic carbocycles. The maximum absolute atomic E-state index is 12.4. The van der Waals surface area contributed by atoms with Gasteiger partial charge in [-0.3, -0.25) is 4.79 Å². The highest BCUT2D eigenvalue weighted by Gasteiger charge is 2.24. The first-order chi connectivity index (χ1) is 12.3. The molecular weight excluding hydrogens is 384 g/mol. The fourth-order valence-electron chi connectivity index (χ4n) is 2.72. The number of aromatic nitrogens is 2. The van der Waals surface area contributed by atoms with Crippen LogP contribution in [0.1, 0.15) is 18.7 Å². The number of oxazole rings is 1. The zero-order valence-electron chi connectivity index (χ0n) is 15.7. The number of thioether (sulfide) groups is 1. The van der Waals surface area contributed by atoms with Crippen LogP contribution in [0.3, 0.4) is 0 Å². The highest BCUT2D eigenvalue weighted by atomic mass is 32.2. The summed E-state index contributed by atoms with van der Waals surface area (Å²) in [6, 6.07) is 0. The van der Waals surface area contributed by atoms with Gasteiger partial charge in [-0.2, -0.15) is 0 Å². The van der Waals surface area contributed by atoms with Crippen molar-refractivity contribution in [2.75, 3.05) is 25.5 Å². The van der Waals surface area contributed by atoms with Gasteiger partial charge in [-0.1, -0.05) is 31.0 Å². The van der Waals surface area contributed by atoms with Crippen LogP contribution >= 0.6 is 23.1 Å². The van der Waals surface area contributed by atoms with Crippen molar-refractivity contribution < 1.29 is 9.21 Å². The lowest BCUT2D eigenvalue weighted by atomic mass is 9.96. The van der Waals surface area contributed by atoms with E-state index in [0.717, 1.165) is 41.4 Å². The Hall–Kier alpha value is -1.16. The molecule has 0 aromatic carbocycles. The summed E-state index contributed by atoms with van der Waals surface area (Å²) in [6.45, 7) is 8.69. The minimum atomic E-state index is -1.45. The van der Waals surface area contributed by atoms with Crippen LogP contribution in [0.25, 0.3) is 0 Å². The molecule has 0 spiro atoms. The van der Waals surface area contributed by atoms with Gasteiger partial charge in [0.05, 0.1) is 22.4 Å². The highest BCUT2D eigenvalue weighted by Crippen LogP contribution is 2.31. The van der Waals surface area contributed by atoms with Crippen molar-refractivity contribution in [3.8, 4) is 0 Å². The average molecular weight is 411 g/mol. The molecule has 6 nitrogen and oxygen atoms in total. The molecule has 3 rings (SSSR count). The number of nitrogens with one attached hydrogen (secondary N) is 1. The summed E-state index contributed by atoms with van der Waals surface area (Å²) in [5, 5.41) is 4.68. The summed E-state index contributed by atoms with van der Waals surface area (Å²) in [5.74, 6) is 1.61. The summed E-state index contributed by atoms with van der Waals surface area (Å²) in [5.41, 5.74) is 0. The zero-order chi connectivity index (χ0) is 18.7. The second kappa shape index (κ2) is 8.24. The van der Waals surface area contributed by atoms with Gasteiger partial charge in [-0.05, 0) is 33.0 Å². The fourth-order valence-corrected chi connectivity index (χ4v) is 5.32. The molecule has 0 atom stereocenters. The van der Waals surface area contributed by atoms with E-state index in [4.69, 9.17) is 4.42 Å². The predicted molar refractivity (Wildman–Crippen MR) is 110 cm³/mol. The van der Waals surface area contributed by atoms with Gasteiger partial charge in [0.15, 0.2) is 5.13 Å². The van der Waals surface area contributed by atoms with E-state index < -0.39 is 8.07 Å². The zero-order valence-corrected chi connectivity index (χ0v) is 18.4. The topological polar surface area (TPSA) is 71.3 Å². The quantitative estimate of drug-likeness (QED) is 0.582. The molecule has 2 aromatic heterocycles. The van der Waals surface area contributed by atoms with Crippen LogP contribution in [0.15, 0.2) is 21.0 Å². The van der Waals surface area contributed by atoms with E-state index in [1.165, 1.54) is 11.3 Å². The Morgan fingerprint density at radius 3 is 2.73 bits per heavy atom. The first kappa shape index (κ1) is 19.6. The lowest BCUT2D eigenvalue weighted by Crippen LogP contribution is -2.36. The molecule has 1 aliphatic rings. The monoisotopic (exact) mass is 410 g/mol. The standard InChI is InChI=1S/C17H26N4O2S2Si/c1-21-7-5-12(6-8-21)16(22)20-17-19-10-15(25-17)24-11-13-18-9-14(23-13)26(2,3)4/h9-10,12H,5-8,11H2,1-4H3,(H,19,20,22). The Bertz CT molecular complexity index is 748. The minimum absolute atomic E-state index is 0.0940. The summed E-state index contributed by atoms with van der Waals surface area (Å²) >= 11 is 3.14. The summed E-state index contributed by atoms with van der Waals surface area (Å²) < 4.78 is 6.92. The molecule has 3 heterocycles. The first-order valence-corrected chi connectivity index (χ1v) is 14.1. The van der Waals surface area contributed by atoms with E-state index in [2.05, 4.69) is 46.9 Å². The van der Waals surface area contributed by atoms with E-state index in [-0.39, 0.29) is 11.8 Å². The molecule has 142 valence electrons. The molecule has 0 saturated carbocycles. The minimum Gasteiger partial charge on any atom is -0.450 e. The maximum atomic E-state index is 12.4. The maximum Gasteiger partial charge on any atom is 0.229 e. The van der Waals surface area contributed by atoms with Gasteiger partial charge < -0.3 is 14.6 Å². The highest BCUT2D eigenvalue weighted by molar-refractivity contribution is 8.00. The molecule has 0 radical (unpaired) electrons. The third-order valence-electron chi connectivity index (χ3n) is 4.43. The van der Waals surface area contributed by atoms with Gasteiger partial charge in [-0.15, -0.1) is 11.8 Å². The van der Waals surface area contributed by atoms with Crippen molar-refractivity contribution in [3.63, 3.8) is 0 Å². The molecule has 1 fully saturated rings. The van der Waals surface area contributed by atoms with E-state index >= 15 is 0 Å².